The fourth-order valence-corrected chi connectivity index (χ4v) is 0.0553. The molecule has 0 aromatic carbocycles. The lowest BCUT2D eigenvalue weighted by Crippen LogP contribution is -1.91. The van der Waals surface area contributed by atoms with Crippen LogP contribution in [0, 0.1) is 5.53 Å². The lowest BCUT2D eigenvalue weighted by molar-refractivity contribution is 0.0847. The van der Waals surface area contributed by atoms with Gasteiger partial charge in [0.2, 0.25) is 0 Å². The standard InChI is InChI=1S/CHN3O3/c2-3-4-7-1(5)6/h2H/p+1. The second-order valence-electron chi connectivity index (χ2n) is 0.539. The Hall–Kier alpha value is -1.42. The molecule has 0 atom stereocenters. The third-order valence-corrected chi connectivity index (χ3v) is 0.160. The van der Waals surface area contributed by atoms with E-state index in [0.29, 0.717) is 0 Å². The summed E-state index contributed by atoms with van der Waals surface area (Å²) in [5.41, 5.74) is 5.87. The van der Waals surface area contributed by atoms with Crippen molar-refractivity contribution in [1.29, 1.82) is 5.53 Å². The SMILES string of the molecule is N=[N+]=NOC(=O)O. The molecular weight excluding hydrogens is 102 g/mol. The molecular formula is CH2N3O3+. The highest BCUT2D eigenvalue weighted by Gasteiger charge is 1.94. The molecule has 0 aliphatic heterocycles. The van der Waals surface area contributed by atoms with Gasteiger partial charge in [0.05, 0.1) is 0 Å². The van der Waals surface area contributed by atoms with Crippen LogP contribution >= 0.6 is 0 Å². The minimum atomic E-state index is -1.57. The van der Waals surface area contributed by atoms with Crippen molar-refractivity contribution >= 4 is 6.16 Å². The molecule has 0 aliphatic rings. The van der Waals surface area contributed by atoms with Crippen molar-refractivity contribution < 1.29 is 14.7 Å². The predicted molar refractivity (Wildman–Crippen MR) is 16.4 cm³/mol. The van der Waals surface area contributed by atoms with E-state index in [2.05, 4.69) is 15.0 Å². The van der Waals surface area contributed by atoms with Crippen LogP contribution in [-0.2, 0) is 4.84 Å². The second-order valence-corrected chi connectivity index (χ2v) is 0.539. The van der Waals surface area contributed by atoms with Crippen LogP contribution in [0.25, 0.3) is 0 Å². The minimum Gasteiger partial charge on any atom is -0.448 e. The van der Waals surface area contributed by atoms with Crippen LogP contribution in [0.15, 0.2) is 5.28 Å². The van der Waals surface area contributed by atoms with Crippen molar-refractivity contribution in [3.8, 4) is 0 Å². The largest absolute Gasteiger partial charge is 0.537 e. The lowest BCUT2D eigenvalue weighted by Gasteiger charge is -1.69. The summed E-state index contributed by atoms with van der Waals surface area (Å²) in [6.45, 7) is 0. The molecule has 0 fully saturated rings. The molecule has 0 rings (SSSR count). The predicted octanol–water partition coefficient (Wildman–Crippen LogP) is 0.146. The summed E-state index contributed by atoms with van der Waals surface area (Å²) >= 11 is 0. The Morgan fingerprint density at radius 1 is 2.00 bits per heavy atom. The molecule has 0 radical (unpaired) electrons. The van der Waals surface area contributed by atoms with E-state index in [1.165, 1.54) is 0 Å². The van der Waals surface area contributed by atoms with Crippen LogP contribution in [0.2, 0.25) is 0 Å². The zero-order valence-corrected chi connectivity index (χ0v) is 3.16. The van der Waals surface area contributed by atoms with Crippen LogP contribution in [-0.4, -0.2) is 11.3 Å². The highest BCUT2D eigenvalue weighted by molar-refractivity contribution is 5.56. The third-order valence-electron chi connectivity index (χ3n) is 0.160. The van der Waals surface area contributed by atoms with E-state index >= 15 is 0 Å². The van der Waals surface area contributed by atoms with Crippen molar-refractivity contribution in [2.45, 2.75) is 0 Å². The van der Waals surface area contributed by atoms with E-state index in [4.69, 9.17) is 10.6 Å². The number of rotatable bonds is 1. The molecule has 38 valence electrons. The van der Waals surface area contributed by atoms with Gasteiger partial charge >= 0.3 is 11.4 Å². The van der Waals surface area contributed by atoms with Gasteiger partial charge in [-0.2, -0.15) is 0 Å². The van der Waals surface area contributed by atoms with Crippen LogP contribution in [0.4, 0.5) is 4.79 Å². The van der Waals surface area contributed by atoms with Crippen molar-refractivity contribution in [3.05, 3.63) is 0 Å². The number of nitrogens with zero attached hydrogens (tertiary/aromatic N) is 2. The summed E-state index contributed by atoms with van der Waals surface area (Å²) in [6, 6.07) is 0. The summed E-state index contributed by atoms with van der Waals surface area (Å²) in [6.07, 6.45) is -1.57. The van der Waals surface area contributed by atoms with E-state index in [0.717, 1.165) is 0 Å². The molecule has 0 spiro atoms. The Labute approximate surface area is 37.9 Å². The topological polar surface area (TPSA) is 96.8 Å². The van der Waals surface area contributed by atoms with Crippen LogP contribution in [0.3, 0.4) is 0 Å². The van der Waals surface area contributed by atoms with Crippen LogP contribution in [0.5, 0.6) is 0 Å². The van der Waals surface area contributed by atoms with Crippen molar-refractivity contribution in [2.24, 2.45) is 5.28 Å². The highest BCUT2D eigenvalue weighted by Crippen LogP contribution is 1.69. The second kappa shape index (κ2) is 2.80. The summed E-state index contributed by atoms with van der Waals surface area (Å²) in [7, 11) is 0. The molecule has 6 nitrogen and oxygen atoms in total. The van der Waals surface area contributed by atoms with Gasteiger partial charge in [-0.25, -0.2) is 9.63 Å². The van der Waals surface area contributed by atoms with Crippen LogP contribution < -0.4 is 4.91 Å². The van der Waals surface area contributed by atoms with E-state index in [1.807, 2.05) is 0 Å². The van der Waals surface area contributed by atoms with Gasteiger partial charge in [-0.1, -0.05) is 0 Å². The fourth-order valence-electron chi connectivity index (χ4n) is 0.0553. The van der Waals surface area contributed by atoms with Gasteiger partial charge in [-0.3, -0.25) is 0 Å². The van der Waals surface area contributed by atoms with Gasteiger partial charge in [0.25, 0.3) is 4.91 Å². The molecule has 7 heavy (non-hydrogen) atoms. The smallest absolute Gasteiger partial charge is 0.448 e. The summed E-state index contributed by atoms with van der Waals surface area (Å²) in [4.78, 5) is 14.9. The first-order chi connectivity index (χ1) is 3.27. The molecule has 0 amide bonds. The number of hydrogen-bond acceptors (Lipinski definition) is 4. The van der Waals surface area contributed by atoms with E-state index in [9.17, 15) is 4.79 Å². The van der Waals surface area contributed by atoms with Gasteiger partial charge in [-0.05, 0) is 0 Å². The van der Waals surface area contributed by atoms with Gasteiger partial charge < -0.3 is 5.11 Å². The Morgan fingerprint density at radius 3 is 2.71 bits per heavy atom. The quantitative estimate of drug-likeness (QED) is 0.281. The van der Waals surface area contributed by atoms with Gasteiger partial charge in [0.1, 0.15) is 5.53 Å². The molecule has 0 heterocycles. The molecule has 0 aromatic rings. The Bertz CT molecular complexity index is 113. The van der Waals surface area contributed by atoms with Crippen LogP contribution in [0.1, 0.15) is 0 Å². The summed E-state index contributed by atoms with van der Waals surface area (Å²) in [5.74, 6) is 0. The molecule has 0 unspecified atom stereocenters. The Kier molecular flexibility index (Phi) is 2.23. The fraction of sp³-hybridized carbons (Fsp3) is 0. The van der Waals surface area contributed by atoms with Gasteiger partial charge in [0.15, 0.2) is 0 Å². The first-order valence-electron chi connectivity index (χ1n) is 1.24. The first-order valence-corrected chi connectivity index (χ1v) is 1.24. The van der Waals surface area contributed by atoms with Crippen molar-refractivity contribution in [1.82, 2.24) is 4.91 Å². The Morgan fingerprint density at radius 2 is 2.57 bits per heavy atom. The number of carboxylic acid groups (broad SMARTS) is 1. The maximum absolute atomic E-state index is 9.30. The molecule has 0 bridgehead atoms. The zero-order valence-electron chi connectivity index (χ0n) is 3.16. The lowest BCUT2D eigenvalue weighted by atomic mass is 11.4. The highest BCUT2D eigenvalue weighted by atomic mass is 16.8. The molecule has 0 saturated heterocycles. The molecule has 0 aliphatic carbocycles. The number of hydrogen-bond donors (Lipinski definition) is 2. The van der Waals surface area contributed by atoms with E-state index in [-0.39, 0.29) is 0 Å². The molecule has 0 saturated carbocycles. The van der Waals surface area contributed by atoms with Gasteiger partial charge in [0, 0.05) is 0 Å². The average Bonchev–Trinajstić information content (AvgIpc) is 1.61. The Balaban J connectivity index is 3.32. The van der Waals surface area contributed by atoms with E-state index in [1.54, 1.807) is 0 Å². The van der Waals surface area contributed by atoms with Crippen molar-refractivity contribution in [2.75, 3.05) is 0 Å². The number of carbonyl (C=O) groups is 1. The maximum atomic E-state index is 9.30. The molecule has 0 aromatic heterocycles. The maximum Gasteiger partial charge on any atom is 0.537 e. The monoisotopic (exact) mass is 104 g/mol. The first kappa shape index (κ1) is 5.58. The van der Waals surface area contributed by atoms with Crippen molar-refractivity contribution in [3.63, 3.8) is 0 Å². The molecule has 2 N–H and O–H groups in total. The third kappa shape index (κ3) is 4.58. The average molecular weight is 104 g/mol. The normalized spacial score (nSPS) is 6.29. The summed E-state index contributed by atoms with van der Waals surface area (Å²) < 4.78 is 0. The zero-order chi connectivity index (χ0) is 5.70. The van der Waals surface area contributed by atoms with E-state index < -0.39 is 6.16 Å². The summed E-state index contributed by atoms with van der Waals surface area (Å²) in [5, 5.41) is 9.95. The number of nitrogens with one attached hydrogen (secondary N) is 1. The van der Waals surface area contributed by atoms with Gasteiger partial charge in [-0.15, -0.1) is 0 Å². The minimum absolute atomic E-state index is 1.57. The molecule has 6 heteroatoms.